The molecule has 0 aliphatic heterocycles. The van der Waals surface area contributed by atoms with Gasteiger partial charge in [0, 0.05) is 12.1 Å². The number of H-pyrrole nitrogens is 1. The topological polar surface area (TPSA) is 94.3 Å². The van der Waals surface area contributed by atoms with E-state index < -0.39 is 0 Å². The molecule has 0 saturated carbocycles. The lowest BCUT2D eigenvalue weighted by molar-refractivity contribution is 0.616. The van der Waals surface area contributed by atoms with Crippen LogP contribution in [-0.2, 0) is 13.1 Å². The Morgan fingerprint density at radius 3 is 2.47 bits per heavy atom. The zero-order chi connectivity index (χ0) is 20.9. The lowest BCUT2D eigenvalue weighted by atomic mass is 9.98. The van der Waals surface area contributed by atoms with E-state index in [1.54, 1.807) is 4.57 Å². The maximum Gasteiger partial charge on any atom is 0.346 e. The Labute approximate surface area is 173 Å². The van der Waals surface area contributed by atoms with Gasteiger partial charge in [0.1, 0.15) is 0 Å². The molecule has 1 N–H and O–H groups in total. The van der Waals surface area contributed by atoms with Crippen LogP contribution in [0.25, 0.3) is 28.6 Å². The Morgan fingerprint density at radius 1 is 1.03 bits per heavy atom. The third-order valence-corrected chi connectivity index (χ3v) is 4.87. The Morgan fingerprint density at radius 2 is 1.80 bits per heavy atom. The highest BCUT2D eigenvalue weighted by Crippen LogP contribution is 2.29. The van der Waals surface area contributed by atoms with Gasteiger partial charge in [-0.15, -0.1) is 10.2 Å². The van der Waals surface area contributed by atoms with Gasteiger partial charge >= 0.3 is 5.69 Å². The number of nitrogens with zero attached hydrogens (tertiary/aromatic N) is 6. The summed E-state index contributed by atoms with van der Waals surface area (Å²) in [6, 6.07) is 16.1. The minimum atomic E-state index is -0.0974. The molecule has 0 saturated heterocycles. The van der Waals surface area contributed by atoms with E-state index in [0.717, 1.165) is 28.7 Å². The van der Waals surface area contributed by atoms with Crippen molar-refractivity contribution < 1.29 is 0 Å². The molecule has 8 heteroatoms. The number of tetrazole rings is 1. The van der Waals surface area contributed by atoms with Crippen LogP contribution < -0.4 is 5.69 Å². The van der Waals surface area contributed by atoms with Crippen LogP contribution in [0.15, 0.2) is 59.4 Å². The SMILES string of the molecule is CCC=Cc1nn(CC)c(=O)n1Cc1ccc(-c2ccccc2-c2nn[nH]n2)cc1. The molecule has 152 valence electrons. The van der Waals surface area contributed by atoms with E-state index in [9.17, 15) is 4.79 Å². The monoisotopic (exact) mass is 401 g/mol. The lowest BCUT2D eigenvalue weighted by Gasteiger charge is -2.09. The van der Waals surface area contributed by atoms with Gasteiger partial charge in [-0.05, 0) is 41.3 Å². The summed E-state index contributed by atoms with van der Waals surface area (Å²) in [7, 11) is 0. The number of benzene rings is 2. The number of aromatic amines is 1. The molecule has 4 aromatic rings. The first-order chi connectivity index (χ1) is 14.7. The second-order valence-corrected chi connectivity index (χ2v) is 6.83. The number of allylic oxidation sites excluding steroid dienone is 1. The van der Waals surface area contributed by atoms with Crippen molar-refractivity contribution in [1.82, 2.24) is 35.0 Å². The van der Waals surface area contributed by atoms with E-state index in [0.29, 0.717) is 24.7 Å². The molecule has 2 heterocycles. The maximum atomic E-state index is 12.7. The fourth-order valence-electron chi connectivity index (χ4n) is 3.34. The largest absolute Gasteiger partial charge is 0.346 e. The molecule has 30 heavy (non-hydrogen) atoms. The molecule has 0 radical (unpaired) electrons. The second kappa shape index (κ2) is 8.69. The zero-order valence-corrected chi connectivity index (χ0v) is 17.0. The van der Waals surface area contributed by atoms with Crippen LogP contribution in [0.5, 0.6) is 0 Å². The first-order valence-corrected chi connectivity index (χ1v) is 9.97. The van der Waals surface area contributed by atoms with Crippen LogP contribution >= 0.6 is 0 Å². The quantitative estimate of drug-likeness (QED) is 0.512. The third-order valence-electron chi connectivity index (χ3n) is 4.87. The predicted molar refractivity (Wildman–Crippen MR) is 116 cm³/mol. The Bertz CT molecular complexity index is 1200. The van der Waals surface area contributed by atoms with Crippen molar-refractivity contribution in [2.45, 2.75) is 33.4 Å². The molecule has 4 rings (SSSR count). The Balaban J connectivity index is 1.65. The molecule has 0 amide bonds. The highest BCUT2D eigenvalue weighted by atomic mass is 16.2. The number of hydrogen-bond donors (Lipinski definition) is 1. The van der Waals surface area contributed by atoms with Gasteiger partial charge in [0.05, 0.1) is 6.54 Å². The number of aromatic nitrogens is 7. The minimum Gasteiger partial charge on any atom is -0.271 e. The van der Waals surface area contributed by atoms with Crippen molar-refractivity contribution >= 4 is 6.08 Å². The summed E-state index contributed by atoms with van der Waals surface area (Å²) < 4.78 is 3.20. The van der Waals surface area contributed by atoms with Crippen LogP contribution in [-0.4, -0.2) is 35.0 Å². The lowest BCUT2D eigenvalue weighted by Crippen LogP contribution is -2.25. The molecule has 8 nitrogen and oxygen atoms in total. The van der Waals surface area contributed by atoms with Crippen molar-refractivity contribution in [1.29, 1.82) is 0 Å². The van der Waals surface area contributed by atoms with Crippen LogP contribution in [0.3, 0.4) is 0 Å². The smallest absolute Gasteiger partial charge is 0.271 e. The van der Waals surface area contributed by atoms with Gasteiger partial charge in [0.15, 0.2) is 5.82 Å². The van der Waals surface area contributed by atoms with Crippen molar-refractivity contribution in [3.05, 3.63) is 76.5 Å². The number of nitrogens with one attached hydrogen (secondary N) is 1. The number of hydrogen-bond acceptors (Lipinski definition) is 5. The first-order valence-electron chi connectivity index (χ1n) is 9.97. The van der Waals surface area contributed by atoms with E-state index in [1.165, 1.54) is 4.68 Å². The Kier molecular flexibility index (Phi) is 5.65. The summed E-state index contributed by atoms with van der Waals surface area (Å²) in [4.78, 5) is 12.7. The van der Waals surface area contributed by atoms with E-state index >= 15 is 0 Å². The summed E-state index contributed by atoms with van der Waals surface area (Å²) in [5.41, 5.74) is 3.90. The predicted octanol–water partition coefficient (Wildman–Crippen LogP) is 3.38. The average Bonchev–Trinajstić information content (AvgIpc) is 3.42. The molecule has 0 atom stereocenters. The van der Waals surface area contributed by atoms with Crippen LogP contribution in [0.4, 0.5) is 0 Å². The molecule has 2 aromatic carbocycles. The molecule has 2 aromatic heterocycles. The van der Waals surface area contributed by atoms with Gasteiger partial charge < -0.3 is 0 Å². The number of aryl methyl sites for hydroxylation is 1. The first kappa shape index (κ1) is 19.5. The van der Waals surface area contributed by atoms with E-state index in [4.69, 9.17) is 0 Å². The van der Waals surface area contributed by atoms with Crippen molar-refractivity contribution in [2.75, 3.05) is 0 Å². The Hall–Kier alpha value is -3.81. The fourth-order valence-corrected chi connectivity index (χ4v) is 3.34. The van der Waals surface area contributed by atoms with Crippen LogP contribution in [0, 0.1) is 0 Å². The molecule has 0 fully saturated rings. The highest BCUT2D eigenvalue weighted by Gasteiger charge is 2.13. The zero-order valence-electron chi connectivity index (χ0n) is 17.0. The van der Waals surface area contributed by atoms with Gasteiger partial charge in [-0.3, -0.25) is 4.57 Å². The van der Waals surface area contributed by atoms with Gasteiger partial charge in [-0.2, -0.15) is 10.3 Å². The second-order valence-electron chi connectivity index (χ2n) is 6.83. The van der Waals surface area contributed by atoms with Gasteiger partial charge in [0.25, 0.3) is 0 Å². The van der Waals surface area contributed by atoms with Gasteiger partial charge in [-0.1, -0.05) is 61.5 Å². The van der Waals surface area contributed by atoms with Crippen molar-refractivity contribution in [2.24, 2.45) is 0 Å². The third kappa shape index (κ3) is 3.84. The summed E-state index contributed by atoms with van der Waals surface area (Å²) in [5, 5.41) is 18.8. The number of rotatable bonds is 7. The standard InChI is InChI=1S/C22H23N7O/c1-3-5-10-20-25-29(4-2)22(30)28(20)15-16-11-13-17(14-12-16)18-8-6-7-9-19(18)21-23-26-27-24-21/h5-14H,3-4,15H2,1-2H3,(H,23,24,26,27). The summed E-state index contributed by atoms with van der Waals surface area (Å²) in [6.07, 6.45) is 4.81. The molecule has 0 bridgehead atoms. The normalized spacial score (nSPS) is 11.4. The average molecular weight is 401 g/mol. The fraction of sp³-hybridized carbons (Fsp3) is 0.227. The summed E-state index contributed by atoms with van der Waals surface area (Å²) in [6.45, 7) is 4.99. The van der Waals surface area contributed by atoms with Crippen molar-refractivity contribution in [3.63, 3.8) is 0 Å². The molecule has 0 spiro atoms. The van der Waals surface area contributed by atoms with E-state index in [-0.39, 0.29) is 5.69 Å². The summed E-state index contributed by atoms with van der Waals surface area (Å²) >= 11 is 0. The minimum absolute atomic E-state index is 0.0974. The maximum absolute atomic E-state index is 12.7. The van der Waals surface area contributed by atoms with Crippen LogP contribution in [0.2, 0.25) is 0 Å². The van der Waals surface area contributed by atoms with Gasteiger partial charge in [0.2, 0.25) is 5.82 Å². The van der Waals surface area contributed by atoms with E-state index in [2.05, 4.69) is 32.6 Å². The molecule has 0 unspecified atom stereocenters. The molecular formula is C22H23N7O. The van der Waals surface area contributed by atoms with Gasteiger partial charge in [-0.25, -0.2) is 9.48 Å². The van der Waals surface area contributed by atoms with E-state index in [1.807, 2.05) is 67.6 Å². The molecule has 0 aliphatic rings. The molecule has 0 aliphatic carbocycles. The molecular weight excluding hydrogens is 378 g/mol. The summed E-state index contributed by atoms with van der Waals surface area (Å²) in [5.74, 6) is 1.23. The van der Waals surface area contributed by atoms with Crippen molar-refractivity contribution in [3.8, 4) is 22.5 Å². The highest BCUT2D eigenvalue weighted by molar-refractivity contribution is 5.80. The van der Waals surface area contributed by atoms with Crippen LogP contribution in [0.1, 0.15) is 31.7 Å².